The number of carbonyl (C=O) groups is 1. The van der Waals surface area contributed by atoms with Gasteiger partial charge in [-0.1, -0.05) is 6.07 Å². The first-order valence-corrected chi connectivity index (χ1v) is 9.19. The molecular formula is C19H15F5N6O. The highest BCUT2D eigenvalue weighted by atomic mass is 19.4. The number of hydrogen-bond acceptors (Lipinski definition) is 5. The van der Waals surface area contributed by atoms with Gasteiger partial charge in [-0.3, -0.25) is 9.78 Å². The molecule has 3 aromatic rings. The van der Waals surface area contributed by atoms with Gasteiger partial charge in [0, 0.05) is 23.4 Å². The van der Waals surface area contributed by atoms with Crippen molar-refractivity contribution in [2.24, 2.45) is 0 Å². The van der Waals surface area contributed by atoms with E-state index in [0.29, 0.717) is 11.3 Å². The summed E-state index contributed by atoms with van der Waals surface area (Å²) in [6, 6.07) is 7.32. The van der Waals surface area contributed by atoms with Crippen molar-refractivity contribution in [2.75, 3.05) is 0 Å². The molecule has 1 fully saturated rings. The Morgan fingerprint density at radius 1 is 1.13 bits per heavy atom. The standard InChI is InChI=1S/C19H15F5N6O/c1-10-2-5-15(25-9-10)11-6-12(16(31)26-13-3-4-13)8-14(7-11)30-17(27-28-29-30)18(20,21)19(22,23)24/h2,5-9,13H,3-4H2,1H3,(H,26,31). The summed E-state index contributed by atoms with van der Waals surface area (Å²) in [6.45, 7) is 1.81. The zero-order chi connectivity index (χ0) is 22.4. The number of rotatable bonds is 5. The number of carbonyl (C=O) groups excluding carboxylic acids is 1. The first kappa shape index (κ1) is 20.8. The van der Waals surface area contributed by atoms with E-state index in [-0.39, 0.29) is 22.0 Å². The van der Waals surface area contributed by atoms with Crippen LogP contribution in [0.1, 0.15) is 34.6 Å². The van der Waals surface area contributed by atoms with Crippen LogP contribution in [-0.2, 0) is 5.92 Å². The molecule has 0 aliphatic heterocycles. The van der Waals surface area contributed by atoms with Gasteiger partial charge >= 0.3 is 12.1 Å². The summed E-state index contributed by atoms with van der Waals surface area (Å²) >= 11 is 0. The number of hydrogen-bond donors (Lipinski definition) is 1. The number of aromatic nitrogens is 5. The molecule has 7 nitrogen and oxygen atoms in total. The summed E-state index contributed by atoms with van der Waals surface area (Å²) in [7, 11) is 0. The zero-order valence-electron chi connectivity index (χ0n) is 16.0. The Morgan fingerprint density at radius 2 is 1.87 bits per heavy atom. The van der Waals surface area contributed by atoms with Crippen LogP contribution >= 0.6 is 0 Å². The highest BCUT2D eigenvalue weighted by molar-refractivity contribution is 5.96. The average Bonchev–Trinajstić information content (AvgIpc) is 3.38. The van der Waals surface area contributed by atoms with Crippen LogP contribution in [-0.4, -0.2) is 43.3 Å². The Bertz CT molecular complexity index is 1120. The van der Waals surface area contributed by atoms with E-state index in [2.05, 4.69) is 25.8 Å². The third-order valence-corrected chi connectivity index (χ3v) is 4.65. The summed E-state index contributed by atoms with van der Waals surface area (Å²) in [5.41, 5.74) is 1.41. The van der Waals surface area contributed by atoms with E-state index in [0.717, 1.165) is 24.5 Å². The van der Waals surface area contributed by atoms with Gasteiger partial charge < -0.3 is 5.32 Å². The van der Waals surface area contributed by atoms with Gasteiger partial charge in [0.2, 0.25) is 5.82 Å². The van der Waals surface area contributed by atoms with Crippen molar-refractivity contribution in [3.63, 3.8) is 0 Å². The molecule has 0 bridgehead atoms. The van der Waals surface area contributed by atoms with Gasteiger partial charge in [-0.05, 0) is 60.0 Å². The number of aryl methyl sites for hydroxylation is 1. The van der Waals surface area contributed by atoms with Crippen LogP contribution in [0.2, 0.25) is 0 Å². The monoisotopic (exact) mass is 438 g/mol. The highest BCUT2D eigenvalue weighted by Gasteiger charge is 2.62. The molecule has 1 N–H and O–H groups in total. The van der Waals surface area contributed by atoms with Gasteiger partial charge in [0.1, 0.15) is 0 Å². The lowest BCUT2D eigenvalue weighted by Gasteiger charge is -2.19. The molecule has 0 spiro atoms. The molecule has 162 valence electrons. The Morgan fingerprint density at radius 3 is 2.48 bits per heavy atom. The normalized spacial score (nSPS) is 14.5. The Hall–Kier alpha value is -3.44. The Kier molecular flexibility index (Phi) is 4.94. The van der Waals surface area contributed by atoms with Crippen LogP contribution in [0.25, 0.3) is 16.9 Å². The molecule has 1 amide bonds. The minimum atomic E-state index is -5.90. The summed E-state index contributed by atoms with van der Waals surface area (Å²) in [6.07, 6.45) is -2.71. The van der Waals surface area contributed by atoms with Crippen LogP contribution < -0.4 is 5.32 Å². The van der Waals surface area contributed by atoms with Crippen LogP contribution in [0.4, 0.5) is 22.0 Å². The van der Waals surface area contributed by atoms with E-state index in [9.17, 15) is 26.7 Å². The van der Waals surface area contributed by atoms with E-state index < -0.39 is 23.8 Å². The van der Waals surface area contributed by atoms with Crippen LogP contribution in [0, 0.1) is 6.92 Å². The lowest BCUT2D eigenvalue weighted by molar-refractivity contribution is -0.293. The largest absolute Gasteiger partial charge is 0.461 e. The Labute approximate surface area is 172 Å². The molecule has 0 atom stereocenters. The third kappa shape index (κ3) is 4.09. The van der Waals surface area contributed by atoms with Gasteiger partial charge in [-0.15, -0.1) is 5.10 Å². The summed E-state index contributed by atoms with van der Waals surface area (Å²) in [5, 5.41) is 11.9. The summed E-state index contributed by atoms with van der Waals surface area (Å²) in [5.74, 6) is -7.50. The lowest BCUT2D eigenvalue weighted by atomic mass is 10.0. The predicted molar refractivity (Wildman–Crippen MR) is 97.6 cm³/mol. The molecule has 12 heteroatoms. The number of tetrazole rings is 1. The van der Waals surface area contributed by atoms with Gasteiger partial charge in [0.25, 0.3) is 5.91 Å². The summed E-state index contributed by atoms with van der Waals surface area (Å²) < 4.78 is 66.9. The van der Waals surface area contributed by atoms with Gasteiger partial charge in [-0.25, -0.2) is 0 Å². The molecule has 31 heavy (non-hydrogen) atoms. The smallest absolute Gasteiger partial charge is 0.349 e. The second kappa shape index (κ2) is 7.36. The van der Waals surface area contributed by atoms with E-state index in [1.807, 2.05) is 6.92 Å². The number of pyridine rings is 1. The van der Waals surface area contributed by atoms with E-state index in [1.165, 1.54) is 12.1 Å². The van der Waals surface area contributed by atoms with Gasteiger partial charge in [-0.2, -0.15) is 26.6 Å². The fraction of sp³-hybridized carbons (Fsp3) is 0.316. The van der Waals surface area contributed by atoms with Crippen molar-refractivity contribution < 1.29 is 26.7 Å². The number of nitrogens with zero attached hydrogens (tertiary/aromatic N) is 5. The molecule has 1 saturated carbocycles. The summed E-state index contributed by atoms with van der Waals surface area (Å²) in [4.78, 5) is 16.8. The maximum atomic E-state index is 14.0. The number of nitrogens with one attached hydrogen (secondary N) is 1. The Balaban J connectivity index is 1.84. The number of halogens is 5. The average molecular weight is 438 g/mol. The molecule has 1 aliphatic rings. The number of amides is 1. The number of alkyl halides is 5. The first-order chi connectivity index (χ1) is 14.6. The second-order valence-corrected chi connectivity index (χ2v) is 7.22. The quantitative estimate of drug-likeness (QED) is 0.616. The van der Waals surface area contributed by atoms with Crippen LogP contribution in [0.15, 0.2) is 36.5 Å². The van der Waals surface area contributed by atoms with Gasteiger partial charge in [0.15, 0.2) is 0 Å². The molecule has 4 rings (SSSR count). The SMILES string of the molecule is Cc1ccc(-c2cc(C(=O)NC3CC3)cc(-n3nnnc3C(F)(F)C(F)(F)F)c2)nc1. The van der Waals surface area contributed by atoms with Crippen molar-refractivity contribution in [1.29, 1.82) is 0 Å². The minimum Gasteiger partial charge on any atom is -0.349 e. The molecule has 2 aromatic heterocycles. The molecule has 0 radical (unpaired) electrons. The third-order valence-electron chi connectivity index (χ3n) is 4.65. The zero-order valence-corrected chi connectivity index (χ0v) is 16.0. The molecule has 1 aromatic carbocycles. The molecular weight excluding hydrogens is 423 g/mol. The molecule has 1 aliphatic carbocycles. The van der Waals surface area contributed by atoms with Crippen molar-refractivity contribution in [3.05, 3.63) is 53.5 Å². The maximum Gasteiger partial charge on any atom is 0.461 e. The minimum absolute atomic E-state index is 0.00951. The van der Waals surface area contributed by atoms with E-state index in [4.69, 9.17) is 0 Å². The maximum absolute atomic E-state index is 14.0. The van der Waals surface area contributed by atoms with Crippen LogP contribution in [0.3, 0.4) is 0 Å². The van der Waals surface area contributed by atoms with E-state index in [1.54, 1.807) is 18.3 Å². The van der Waals surface area contributed by atoms with Crippen molar-refractivity contribution in [1.82, 2.24) is 30.5 Å². The van der Waals surface area contributed by atoms with Crippen molar-refractivity contribution in [3.8, 4) is 16.9 Å². The topological polar surface area (TPSA) is 85.6 Å². The fourth-order valence-corrected chi connectivity index (χ4v) is 2.83. The fourth-order valence-electron chi connectivity index (χ4n) is 2.83. The van der Waals surface area contributed by atoms with Crippen molar-refractivity contribution >= 4 is 5.91 Å². The molecule has 0 saturated heterocycles. The van der Waals surface area contributed by atoms with Gasteiger partial charge in [0.05, 0.1) is 11.4 Å². The highest BCUT2D eigenvalue weighted by Crippen LogP contribution is 2.43. The predicted octanol–water partition coefficient (Wildman–Crippen LogP) is 3.58. The molecule has 0 unspecified atom stereocenters. The van der Waals surface area contributed by atoms with Crippen molar-refractivity contribution in [2.45, 2.75) is 37.9 Å². The van der Waals surface area contributed by atoms with E-state index >= 15 is 0 Å². The second-order valence-electron chi connectivity index (χ2n) is 7.22. The number of benzene rings is 1. The van der Waals surface area contributed by atoms with Crippen LogP contribution in [0.5, 0.6) is 0 Å². The lowest BCUT2D eigenvalue weighted by Crippen LogP contribution is -2.36. The first-order valence-electron chi connectivity index (χ1n) is 9.19. The molecule has 2 heterocycles.